The van der Waals surface area contributed by atoms with Gasteiger partial charge in [-0.2, -0.15) is 5.26 Å². The lowest BCUT2D eigenvalue weighted by Crippen LogP contribution is -2.26. The number of nitrogens with one attached hydrogen (secondary N) is 1. The number of rotatable bonds is 5. The van der Waals surface area contributed by atoms with Gasteiger partial charge in [0, 0.05) is 6.04 Å². The van der Waals surface area contributed by atoms with Crippen molar-refractivity contribution in [2.75, 3.05) is 20.3 Å². The molecule has 0 amide bonds. The van der Waals surface area contributed by atoms with Crippen LogP contribution in [0.15, 0.2) is 18.2 Å². The minimum atomic E-state index is 0.485. The van der Waals surface area contributed by atoms with Gasteiger partial charge in [0.2, 0.25) is 0 Å². The molecule has 0 bridgehead atoms. The van der Waals surface area contributed by atoms with Gasteiger partial charge < -0.3 is 14.8 Å². The summed E-state index contributed by atoms with van der Waals surface area (Å²) in [5.74, 6) is 0.610. The second-order valence-electron chi connectivity index (χ2n) is 4.45. The first kappa shape index (κ1) is 12.9. The zero-order chi connectivity index (χ0) is 12.8. The van der Waals surface area contributed by atoms with Crippen molar-refractivity contribution in [3.05, 3.63) is 29.3 Å². The fourth-order valence-electron chi connectivity index (χ4n) is 2.15. The van der Waals surface area contributed by atoms with E-state index >= 15 is 0 Å². The molecule has 2 rings (SSSR count). The first-order valence-corrected chi connectivity index (χ1v) is 6.21. The molecule has 0 radical (unpaired) electrons. The summed E-state index contributed by atoms with van der Waals surface area (Å²) in [6.07, 6.45) is 2.42. The van der Waals surface area contributed by atoms with Crippen LogP contribution in [0.1, 0.15) is 24.0 Å². The Balaban J connectivity index is 1.87. The molecule has 1 aliphatic heterocycles. The predicted molar refractivity (Wildman–Crippen MR) is 68.4 cm³/mol. The summed E-state index contributed by atoms with van der Waals surface area (Å²) < 4.78 is 10.8. The molecule has 1 aliphatic rings. The van der Waals surface area contributed by atoms with Crippen molar-refractivity contribution in [2.24, 2.45) is 0 Å². The van der Waals surface area contributed by atoms with Crippen molar-refractivity contribution in [1.82, 2.24) is 5.32 Å². The molecule has 0 spiro atoms. The number of ether oxygens (including phenoxy) is 2. The Morgan fingerprint density at radius 3 is 3.06 bits per heavy atom. The standard InChI is InChI=1S/C14H18N2O2/c1-17-14-5-4-11(7-12(14)8-15)9-18-10-13-3-2-6-16-13/h4-5,7,13,16H,2-3,6,9-10H2,1H3. The minimum absolute atomic E-state index is 0.485. The van der Waals surface area contributed by atoms with Gasteiger partial charge in [0.25, 0.3) is 0 Å². The molecule has 4 heteroatoms. The summed E-state index contributed by atoms with van der Waals surface area (Å²) in [6, 6.07) is 8.17. The van der Waals surface area contributed by atoms with E-state index in [1.165, 1.54) is 12.8 Å². The van der Waals surface area contributed by atoms with Gasteiger partial charge in [0.15, 0.2) is 0 Å². The largest absolute Gasteiger partial charge is 0.495 e. The van der Waals surface area contributed by atoms with Crippen molar-refractivity contribution in [3.8, 4) is 11.8 Å². The molecule has 1 aromatic rings. The Hall–Kier alpha value is -1.57. The van der Waals surface area contributed by atoms with Crippen molar-refractivity contribution in [2.45, 2.75) is 25.5 Å². The zero-order valence-electron chi connectivity index (χ0n) is 10.6. The van der Waals surface area contributed by atoms with E-state index in [9.17, 15) is 0 Å². The normalized spacial score (nSPS) is 18.6. The number of hydrogen-bond acceptors (Lipinski definition) is 4. The molecule has 1 heterocycles. The quantitative estimate of drug-likeness (QED) is 0.861. The van der Waals surface area contributed by atoms with Crippen LogP contribution in [0.25, 0.3) is 0 Å². The van der Waals surface area contributed by atoms with Crippen LogP contribution in [-0.2, 0) is 11.3 Å². The van der Waals surface area contributed by atoms with Gasteiger partial charge in [-0.25, -0.2) is 0 Å². The maximum atomic E-state index is 8.99. The smallest absolute Gasteiger partial charge is 0.136 e. The van der Waals surface area contributed by atoms with Crippen LogP contribution in [0.4, 0.5) is 0 Å². The lowest BCUT2D eigenvalue weighted by molar-refractivity contribution is 0.103. The average molecular weight is 246 g/mol. The molecule has 96 valence electrons. The molecule has 1 unspecified atom stereocenters. The third-order valence-electron chi connectivity index (χ3n) is 3.13. The SMILES string of the molecule is COc1ccc(COCC2CCCN2)cc1C#N. The van der Waals surface area contributed by atoms with Crippen LogP contribution < -0.4 is 10.1 Å². The molecule has 0 aromatic heterocycles. The summed E-state index contributed by atoms with van der Waals surface area (Å²) in [7, 11) is 1.57. The molecule has 18 heavy (non-hydrogen) atoms. The third kappa shape index (κ3) is 3.22. The zero-order valence-corrected chi connectivity index (χ0v) is 10.6. The molecular formula is C14H18N2O2. The van der Waals surface area contributed by atoms with E-state index in [-0.39, 0.29) is 0 Å². The third-order valence-corrected chi connectivity index (χ3v) is 3.13. The fourth-order valence-corrected chi connectivity index (χ4v) is 2.15. The van der Waals surface area contributed by atoms with E-state index in [4.69, 9.17) is 14.7 Å². The summed E-state index contributed by atoms with van der Waals surface area (Å²) in [5, 5.41) is 12.4. The van der Waals surface area contributed by atoms with Crippen LogP contribution in [0.3, 0.4) is 0 Å². The van der Waals surface area contributed by atoms with Crippen LogP contribution in [0.2, 0.25) is 0 Å². The molecule has 0 saturated carbocycles. The van der Waals surface area contributed by atoms with Crippen molar-refractivity contribution < 1.29 is 9.47 Å². The topological polar surface area (TPSA) is 54.3 Å². The molecule has 0 aliphatic carbocycles. The molecule has 1 atom stereocenters. The Bertz CT molecular complexity index is 434. The summed E-state index contributed by atoms with van der Waals surface area (Å²) in [6.45, 7) is 2.36. The van der Waals surface area contributed by atoms with Gasteiger partial charge in [-0.15, -0.1) is 0 Å². The Morgan fingerprint density at radius 2 is 2.39 bits per heavy atom. The Morgan fingerprint density at radius 1 is 1.50 bits per heavy atom. The second-order valence-corrected chi connectivity index (χ2v) is 4.45. The molecule has 1 N–H and O–H groups in total. The molecular weight excluding hydrogens is 228 g/mol. The number of nitriles is 1. The van der Waals surface area contributed by atoms with Gasteiger partial charge in [0.05, 0.1) is 25.9 Å². The Kier molecular flexibility index (Phi) is 4.57. The van der Waals surface area contributed by atoms with Gasteiger partial charge in [-0.3, -0.25) is 0 Å². The number of methoxy groups -OCH3 is 1. The van der Waals surface area contributed by atoms with Gasteiger partial charge >= 0.3 is 0 Å². The maximum Gasteiger partial charge on any atom is 0.136 e. The highest BCUT2D eigenvalue weighted by molar-refractivity contribution is 5.45. The van der Waals surface area contributed by atoms with Crippen molar-refractivity contribution >= 4 is 0 Å². The number of benzene rings is 1. The lowest BCUT2D eigenvalue weighted by atomic mass is 10.1. The molecule has 1 aromatic carbocycles. The average Bonchev–Trinajstić information content (AvgIpc) is 2.91. The van der Waals surface area contributed by atoms with Gasteiger partial charge in [0.1, 0.15) is 11.8 Å². The Labute approximate surface area is 108 Å². The van der Waals surface area contributed by atoms with E-state index in [0.717, 1.165) is 18.7 Å². The van der Waals surface area contributed by atoms with E-state index in [2.05, 4.69) is 11.4 Å². The van der Waals surface area contributed by atoms with E-state index in [0.29, 0.717) is 24.0 Å². The van der Waals surface area contributed by atoms with Crippen LogP contribution in [-0.4, -0.2) is 26.3 Å². The van der Waals surface area contributed by atoms with E-state index in [1.807, 2.05) is 18.2 Å². The summed E-state index contributed by atoms with van der Waals surface area (Å²) in [5.41, 5.74) is 1.56. The summed E-state index contributed by atoms with van der Waals surface area (Å²) >= 11 is 0. The first-order chi connectivity index (χ1) is 8.83. The van der Waals surface area contributed by atoms with Gasteiger partial charge in [-0.1, -0.05) is 6.07 Å². The highest BCUT2D eigenvalue weighted by Crippen LogP contribution is 2.19. The maximum absolute atomic E-state index is 8.99. The highest BCUT2D eigenvalue weighted by Gasteiger charge is 2.13. The van der Waals surface area contributed by atoms with Gasteiger partial charge in [-0.05, 0) is 37.1 Å². The highest BCUT2D eigenvalue weighted by atomic mass is 16.5. The van der Waals surface area contributed by atoms with Crippen LogP contribution in [0.5, 0.6) is 5.75 Å². The van der Waals surface area contributed by atoms with Crippen LogP contribution in [0, 0.1) is 11.3 Å². The van der Waals surface area contributed by atoms with Crippen molar-refractivity contribution in [3.63, 3.8) is 0 Å². The number of hydrogen-bond donors (Lipinski definition) is 1. The molecule has 4 nitrogen and oxygen atoms in total. The fraction of sp³-hybridized carbons (Fsp3) is 0.500. The summed E-state index contributed by atoms with van der Waals surface area (Å²) in [4.78, 5) is 0. The predicted octanol–water partition coefficient (Wildman–Crippen LogP) is 1.84. The molecule has 1 saturated heterocycles. The van der Waals surface area contributed by atoms with E-state index < -0.39 is 0 Å². The first-order valence-electron chi connectivity index (χ1n) is 6.21. The number of nitrogens with zero attached hydrogens (tertiary/aromatic N) is 1. The van der Waals surface area contributed by atoms with E-state index in [1.54, 1.807) is 7.11 Å². The second kappa shape index (κ2) is 6.39. The monoisotopic (exact) mass is 246 g/mol. The van der Waals surface area contributed by atoms with Crippen LogP contribution >= 0.6 is 0 Å². The minimum Gasteiger partial charge on any atom is -0.495 e. The molecule has 1 fully saturated rings. The lowest BCUT2D eigenvalue weighted by Gasteiger charge is -2.11. The van der Waals surface area contributed by atoms with Crippen molar-refractivity contribution in [1.29, 1.82) is 5.26 Å².